The van der Waals surface area contributed by atoms with E-state index in [0.29, 0.717) is 35.2 Å². The third-order valence-electron chi connectivity index (χ3n) is 3.90. The van der Waals surface area contributed by atoms with Gasteiger partial charge in [0.2, 0.25) is 0 Å². The Hall–Kier alpha value is -1.28. The first-order chi connectivity index (χ1) is 13.0. The molecule has 2 rings (SSSR count). The summed E-state index contributed by atoms with van der Waals surface area (Å²) in [6, 6.07) is 9.93. The summed E-state index contributed by atoms with van der Waals surface area (Å²) < 4.78 is 24.6. The van der Waals surface area contributed by atoms with Crippen LogP contribution in [0.5, 0.6) is 11.5 Å². The number of aliphatic hydroxyl groups excluding tert-OH is 1. The highest BCUT2D eigenvalue weighted by molar-refractivity contribution is 6.31. The van der Waals surface area contributed by atoms with Crippen LogP contribution in [0, 0.1) is 5.82 Å². The molecule has 1 unspecified atom stereocenters. The number of hydrogen-bond acceptors (Lipinski definition) is 5. The van der Waals surface area contributed by atoms with E-state index < -0.39 is 0 Å². The highest BCUT2D eigenvalue weighted by Gasteiger charge is 2.12. The molecule has 0 aromatic heterocycles. The predicted octanol–water partition coefficient (Wildman–Crippen LogP) is 3.97. The molecule has 2 aromatic carbocycles. The van der Waals surface area contributed by atoms with E-state index in [4.69, 9.17) is 21.1 Å². The van der Waals surface area contributed by atoms with Crippen LogP contribution in [0.4, 0.5) is 4.39 Å². The summed E-state index contributed by atoms with van der Waals surface area (Å²) in [7, 11) is 1.59. The normalized spacial score (nSPS) is 11.2. The number of aliphatic hydroxyl groups is 1. The number of methoxy groups -OCH3 is 1. The molecule has 0 radical (unpaired) electrons. The summed E-state index contributed by atoms with van der Waals surface area (Å²) in [6.07, 6.45) is -0.360. The Morgan fingerprint density at radius 2 is 1.83 bits per heavy atom. The summed E-state index contributed by atoms with van der Waals surface area (Å²) in [4.78, 5) is 0. The Morgan fingerprint density at radius 3 is 2.48 bits per heavy atom. The summed E-state index contributed by atoms with van der Waals surface area (Å²) in [5.74, 6) is 0.875. The molecule has 0 fully saturated rings. The molecule has 3 N–H and O–H groups in total. The van der Waals surface area contributed by atoms with E-state index >= 15 is 0 Å². The topological polar surface area (TPSA) is 62.8 Å². The zero-order chi connectivity index (χ0) is 19.6. The fourth-order valence-electron chi connectivity index (χ4n) is 2.52. The molecular weight excluding hydrogens is 442 g/mol. The van der Waals surface area contributed by atoms with Crippen molar-refractivity contribution in [1.29, 1.82) is 0 Å². The zero-order valence-electron chi connectivity index (χ0n) is 16.4. The van der Waals surface area contributed by atoms with Gasteiger partial charge < -0.3 is 25.2 Å². The van der Waals surface area contributed by atoms with Crippen molar-refractivity contribution >= 4 is 36.4 Å². The molecule has 29 heavy (non-hydrogen) atoms. The third kappa shape index (κ3) is 9.38. The first kappa shape index (κ1) is 27.7. The van der Waals surface area contributed by atoms with E-state index in [1.807, 2.05) is 18.2 Å². The highest BCUT2D eigenvalue weighted by atomic mass is 35.5. The lowest BCUT2D eigenvalue weighted by molar-refractivity contribution is 0.191. The Bertz CT molecular complexity index is 736. The van der Waals surface area contributed by atoms with Crippen molar-refractivity contribution in [1.82, 2.24) is 10.6 Å². The van der Waals surface area contributed by atoms with Crippen molar-refractivity contribution in [3.05, 3.63) is 58.4 Å². The molecule has 5 nitrogen and oxygen atoms in total. The molecule has 0 bridgehead atoms. The van der Waals surface area contributed by atoms with Gasteiger partial charge in [0.25, 0.3) is 0 Å². The standard InChI is InChI=1S/C20H26ClFN2O3.2ClH/c1-14(25)11-23-8-9-24-12-15-4-3-5-19(26-2)20(15)27-13-16-6-7-17(22)10-18(16)21;;/h3-7,10,14,23-25H,8-9,11-13H2,1-2H3;2*1H. The van der Waals surface area contributed by atoms with Crippen LogP contribution in [0.2, 0.25) is 5.02 Å². The average Bonchev–Trinajstić information content (AvgIpc) is 2.64. The maximum atomic E-state index is 13.2. The van der Waals surface area contributed by atoms with Crippen LogP contribution < -0.4 is 20.1 Å². The van der Waals surface area contributed by atoms with Crippen LogP contribution in [-0.4, -0.2) is 38.0 Å². The van der Waals surface area contributed by atoms with E-state index in [-0.39, 0.29) is 43.3 Å². The SMILES string of the molecule is COc1cccc(CNCCNCC(C)O)c1OCc1ccc(F)cc1Cl.Cl.Cl. The van der Waals surface area contributed by atoms with Crippen molar-refractivity contribution < 1.29 is 19.0 Å². The van der Waals surface area contributed by atoms with Crippen molar-refractivity contribution in [2.75, 3.05) is 26.7 Å². The Labute approximate surface area is 188 Å². The molecule has 9 heteroatoms. The molecule has 0 saturated carbocycles. The number of benzene rings is 2. The van der Waals surface area contributed by atoms with E-state index in [9.17, 15) is 9.50 Å². The maximum absolute atomic E-state index is 13.2. The van der Waals surface area contributed by atoms with Gasteiger partial charge in [-0.15, -0.1) is 24.8 Å². The average molecular weight is 470 g/mol. The molecular formula is C20H28Cl3FN2O3. The number of ether oxygens (including phenoxy) is 2. The second-order valence-electron chi connectivity index (χ2n) is 6.20. The molecule has 0 spiro atoms. The van der Waals surface area contributed by atoms with E-state index in [2.05, 4.69) is 10.6 Å². The van der Waals surface area contributed by atoms with Crippen LogP contribution in [0.25, 0.3) is 0 Å². The molecule has 0 saturated heterocycles. The van der Waals surface area contributed by atoms with Crippen molar-refractivity contribution in [2.24, 2.45) is 0 Å². The smallest absolute Gasteiger partial charge is 0.166 e. The van der Waals surface area contributed by atoms with Crippen LogP contribution in [0.1, 0.15) is 18.1 Å². The third-order valence-corrected chi connectivity index (χ3v) is 4.25. The molecule has 1 atom stereocenters. The van der Waals surface area contributed by atoms with Gasteiger partial charge in [0, 0.05) is 37.3 Å². The van der Waals surface area contributed by atoms with Crippen LogP contribution >= 0.6 is 36.4 Å². The molecule has 0 amide bonds. The molecule has 0 aliphatic carbocycles. The summed E-state index contributed by atoms with van der Waals surface area (Å²) in [5, 5.41) is 16.0. The van der Waals surface area contributed by atoms with Crippen molar-refractivity contribution in [3.8, 4) is 11.5 Å². The van der Waals surface area contributed by atoms with Crippen LogP contribution in [0.3, 0.4) is 0 Å². The van der Waals surface area contributed by atoms with E-state index in [0.717, 1.165) is 18.7 Å². The van der Waals surface area contributed by atoms with Gasteiger partial charge in [0.15, 0.2) is 11.5 Å². The molecule has 164 valence electrons. The summed E-state index contributed by atoms with van der Waals surface area (Å²) in [5.41, 5.74) is 1.65. The number of nitrogens with one attached hydrogen (secondary N) is 2. The minimum absolute atomic E-state index is 0. The summed E-state index contributed by atoms with van der Waals surface area (Å²) in [6.45, 7) is 4.60. The van der Waals surface area contributed by atoms with E-state index in [1.165, 1.54) is 12.1 Å². The van der Waals surface area contributed by atoms with Gasteiger partial charge in [0.05, 0.1) is 18.2 Å². The molecule has 0 heterocycles. The first-order valence-electron chi connectivity index (χ1n) is 8.83. The zero-order valence-corrected chi connectivity index (χ0v) is 18.8. The lowest BCUT2D eigenvalue weighted by atomic mass is 10.1. The molecule has 0 aliphatic heterocycles. The minimum Gasteiger partial charge on any atom is -0.493 e. The predicted molar refractivity (Wildman–Crippen MR) is 119 cm³/mol. The quantitative estimate of drug-likeness (QED) is 0.435. The summed E-state index contributed by atoms with van der Waals surface area (Å²) >= 11 is 6.08. The monoisotopic (exact) mass is 468 g/mol. The van der Waals surface area contributed by atoms with Gasteiger partial charge >= 0.3 is 0 Å². The number of para-hydroxylation sites is 1. The van der Waals surface area contributed by atoms with Crippen LogP contribution in [-0.2, 0) is 13.2 Å². The number of rotatable bonds is 11. The largest absolute Gasteiger partial charge is 0.493 e. The van der Waals surface area contributed by atoms with Gasteiger partial charge in [-0.25, -0.2) is 4.39 Å². The second kappa shape index (κ2) is 14.7. The molecule has 0 aliphatic rings. The van der Waals surface area contributed by atoms with Crippen molar-refractivity contribution in [3.63, 3.8) is 0 Å². The fourth-order valence-corrected chi connectivity index (χ4v) is 2.75. The van der Waals surface area contributed by atoms with Crippen molar-refractivity contribution in [2.45, 2.75) is 26.2 Å². The first-order valence-corrected chi connectivity index (χ1v) is 9.21. The number of hydrogen-bond donors (Lipinski definition) is 3. The Kier molecular flexibility index (Phi) is 14.0. The second-order valence-corrected chi connectivity index (χ2v) is 6.61. The van der Waals surface area contributed by atoms with Gasteiger partial charge in [-0.3, -0.25) is 0 Å². The van der Waals surface area contributed by atoms with E-state index in [1.54, 1.807) is 20.1 Å². The maximum Gasteiger partial charge on any atom is 0.166 e. The Balaban J connectivity index is 0.00000392. The van der Waals surface area contributed by atoms with Crippen LogP contribution in [0.15, 0.2) is 36.4 Å². The number of halogens is 4. The highest BCUT2D eigenvalue weighted by Crippen LogP contribution is 2.32. The fraction of sp³-hybridized carbons (Fsp3) is 0.400. The van der Waals surface area contributed by atoms with Gasteiger partial charge in [-0.05, 0) is 25.1 Å². The molecule has 2 aromatic rings. The lowest BCUT2D eigenvalue weighted by Crippen LogP contribution is -2.31. The van der Waals surface area contributed by atoms with Gasteiger partial charge in [0.1, 0.15) is 12.4 Å². The van der Waals surface area contributed by atoms with Gasteiger partial charge in [-0.2, -0.15) is 0 Å². The lowest BCUT2D eigenvalue weighted by Gasteiger charge is -2.16. The Morgan fingerprint density at radius 1 is 1.10 bits per heavy atom. The van der Waals surface area contributed by atoms with Gasteiger partial charge in [-0.1, -0.05) is 29.8 Å². The minimum atomic E-state index is -0.380.